The second kappa shape index (κ2) is 5.09. The molecule has 0 atom stereocenters. The van der Waals surface area contributed by atoms with Crippen molar-refractivity contribution < 1.29 is 13.2 Å². The largest absolute Gasteiger partial charge is 0.366 e. The molecular weight excluding hydrogens is 274 g/mol. The van der Waals surface area contributed by atoms with Gasteiger partial charge in [0.05, 0.1) is 4.90 Å². The molecule has 0 heterocycles. The Morgan fingerprint density at radius 2 is 1.55 bits per heavy atom. The second-order valence-corrected chi connectivity index (χ2v) is 6.71. The molecule has 0 radical (unpaired) electrons. The van der Waals surface area contributed by atoms with Gasteiger partial charge in [-0.1, -0.05) is 24.3 Å². The molecule has 2 aromatic rings. The maximum atomic E-state index is 11.4. The van der Waals surface area contributed by atoms with Crippen molar-refractivity contribution >= 4 is 15.7 Å². The van der Waals surface area contributed by atoms with Crippen LogP contribution in [0.5, 0.6) is 0 Å². The van der Waals surface area contributed by atoms with E-state index in [9.17, 15) is 13.2 Å². The van der Waals surface area contributed by atoms with E-state index < -0.39 is 15.7 Å². The summed E-state index contributed by atoms with van der Waals surface area (Å²) in [6, 6.07) is 11.9. The first kappa shape index (κ1) is 14.3. The van der Waals surface area contributed by atoms with Crippen LogP contribution in [-0.4, -0.2) is 20.6 Å². The Kier molecular flexibility index (Phi) is 3.63. The molecule has 0 spiro atoms. The summed E-state index contributed by atoms with van der Waals surface area (Å²) in [4.78, 5) is 11.6. The van der Waals surface area contributed by atoms with Gasteiger partial charge in [-0.3, -0.25) is 4.79 Å². The van der Waals surface area contributed by atoms with Crippen LogP contribution >= 0.6 is 0 Å². The molecule has 0 unspecified atom stereocenters. The fourth-order valence-corrected chi connectivity index (χ4v) is 2.59. The SMILES string of the molecule is Cc1ccc(-c2ccc(S(C)(=O)=O)cc2)cc1C(N)=O. The van der Waals surface area contributed by atoms with Gasteiger partial charge in [-0.15, -0.1) is 0 Å². The average molecular weight is 289 g/mol. The van der Waals surface area contributed by atoms with Crippen LogP contribution in [0.25, 0.3) is 11.1 Å². The topological polar surface area (TPSA) is 77.2 Å². The highest BCUT2D eigenvalue weighted by molar-refractivity contribution is 7.90. The number of hydrogen-bond acceptors (Lipinski definition) is 3. The molecule has 0 aliphatic heterocycles. The van der Waals surface area contributed by atoms with Crippen LogP contribution in [0.2, 0.25) is 0 Å². The van der Waals surface area contributed by atoms with E-state index in [1.807, 2.05) is 19.1 Å². The Hall–Kier alpha value is -2.14. The Balaban J connectivity index is 2.47. The zero-order valence-corrected chi connectivity index (χ0v) is 12.1. The number of carbonyl (C=O) groups excluding carboxylic acids is 1. The monoisotopic (exact) mass is 289 g/mol. The Bertz CT molecular complexity index is 762. The van der Waals surface area contributed by atoms with Crippen molar-refractivity contribution in [3.8, 4) is 11.1 Å². The molecule has 0 fully saturated rings. The van der Waals surface area contributed by atoms with Crippen LogP contribution in [0.1, 0.15) is 15.9 Å². The molecule has 0 aromatic heterocycles. The average Bonchev–Trinajstić information content (AvgIpc) is 2.38. The molecule has 0 aliphatic carbocycles. The zero-order chi connectivity index (χ0) is 14.9. The minimum Gasteiger partial charge on any atom is -0.366 e. The molecule has 1 amide bonds. The number of amides is 1. The number of benzene rings is 2. The summed E-state index contributed by atoms with van der Waals surface area (Å²) in [6.07, 6.45) is 1.17. The quantitative estimate of drug-likeness (QED) is 0.940. The number of rotatable bonds is 3. The standard InChI is InChI=1S/C15H15NO3S/c1-10-3-4-12(9-14(10)15(16)17)11-5-7-13(8-6-11)20(2,18)19/h3-9H,1-2H3,(H2,16,17). The van der Waals surface area contributed by atoms with Crippen molar-refractivity contribution in [2.24, 2.45) is 5.73 Å². The first-order valence-corrected chi connectivity index (χ1v) is 7.89. The number of primary amides is 1. The van der Waals surface area contributed by atoms with E-state index in [1.54, 1.807) is 30.3 Å². The highest BCUT2D eigenvalue weighted by Crippen LogP contribution is 2.23. The second-order valence-electron chi connectivity index (χ2n) is 4.69. The summed E-state index contributed by atoms with van der Waals surface area (Å²) in [6.45, 7) is 1.82. The number of nitrogens with two attached hydrogens (primary N) is 1. The van der Waals surface area contributed by atoms with Crippen LogP contribution in [0.3, 0.4) is 0 Å². The van der Waals surface area contributed by atoms with Gasteiger partial charge >= 0.3 is 0 Å². The molecule has 0 aliphatic rings. The summed E-state index contributed by atoms with van der Waals surface area (Å²) in [5.74, 6) is -0.475. The predicted octanol–water partition coefficient (Wildman–Crippen LogP) is 2.16. The molecule has 104 valence electrons. The number of aryl methyl sites for hydroxylation is 1. The third kappa shape index (κ3) is 2.88. The lowest BCUT2D eigenvalue weighted by Gasteiger charge is -2.07. The van der Waals surface area contributed by atoms with E-state index in [1.165, 1.54) is 6.26 Å². The predicted molar refractivity (Wildman–Crippen MR) is 78.2 cm³/mol. The maximum Gasteiger partial charge on any atom is 0.248 e. The van der Waals surface area contributed by atoms with E-state index in [0.29, 0.717) is 5.56 Å². The lowest BCUT2D eigenvalue weighted by atomic mass is 9.99. The summed E-state index contributed by atoms with van der Waals surface area (Å²) >= 11 is 0. The van der Waals surface area contributed by atoms with Gasteiger partial charge in [-0.05, 0) is 41.8 Å². The number of carbonyl (C=O) groups is 1. The van der Waals surface area contributed by atoms with E-state index in [-0.39, 0.29) is 4.90 Å². The molecule has 20 heavy (non-hydrogen) atoms. The Labute approximate surface area is 118 Å². The lowest BCUT2D eigenvalue weighted by molar-refractivity contribution is 0.0999. The molecular formula is C15H15NO3S. The van der Waals surface area contributed by atoms with E-state index in [2.05, 4.69) is 0 Å². The Morgan fingerprint density at radius 3 is 2.05 bits per heavy atom. The highest BCUT2D eigenvalue weighted by Gasteiger charge is 2.09. The Morgan fingerprint density at radius 1 is 1.00 bits per heavy atom. The van der Waals surface area contributed by atoms with Crippen molar-refractivity contribution in [3.05, 3.63) is 53.6 Å². The fraction of sp³-hybridized carbons (Fsp3) is 0.133. The summed E-state index contributed by atoms with van der Waals surface area (Å²) in [5, 5.41) is 0. The highest BCUT2D eigenvalue weighted by atomic mass is 32.2. The maximum absolute atomic E-state index is 11.4. The summed E-state index contributed by atoms with van der Waals surface area (Å²) in [7, 11) is -3.20. The minimum atomic E-state index is -3.20. The fourth-order valence-electron chi connectivity index (χ4n) is 1.96. The summed E-state index contributed by atoms with van der Waals surface area (Å²) in [5.41, 5.74) is 8.26. The van der Waals surface area contributed by atoms with Crippen molar-refractivity contribution in [2.75, 3.05) is 6.26 Å². The van der Waals surface area contributed by atoms with Crippen molar-refractivity contribution in [1.82, 2.24) is 0 Å². The van der Waals surface area contributed by atoms with Crippen molar-refractivity contribution in [3.63, 3.8) is 0 Å². The molecule has 2 rings (SSSR count). The van der Waals surface area contributed by atoms with Crippen LogP contribution in [0.15, 0.2) is 47.4 Å². The van der Waals surface area contributed by atoms with E-state index >= 15 is 0 Å². The third-order valence-electron chi connectivity index (χ3n) is 3.12. The minimum absolute atomic E-state index is 0.267. The number of sulfone groups is 1. The van der Waals surface area contributed by atoms with E-state index in [4.69, 9.17) is 5.73 Å². The lowest BCUT2D eigenvalue weighted by Crippen LogP contribution is -2.12. The zero-order valence-electron chi connectivity index (χ0n) is 11.3. The van der Waals surface area contributed by atoms with Crippen LogP contribution < -0.4 is 5.73 Å². The summed E-state index contributed by atoms with van der Waals surface area (Å²) < 4.78 is 22.8. The molecule has 5 heteroatoms. The van der Waals surface area contributed by atoms with Crippen LogP contribution in [0.4, 0.5) is 0 Å². The first-order chi connectivity index (χ1) is 9.29. The molecule has 2 N–H and O–H groups in total. The van der Waals surface area contributed by atoms with Crippen LogP contribution in [-0.2, 0) is 9.84 Å². The van der Waals surface area contributed by atoms with Gasteiger partial charge in [0.2, 0.25) is 5.91 Å². The molecule has 0 saturated carbocycles. The van der Waals surface area contributed by atoms with Gasteiger partial charge in [-0.25, -0.2) is 8.42 Å². The third-order valence-corrected chi connectivity index (χ3v) is 4.25. The van der Waals surface area contributed by atoms with Crippen molar-refractivity contribution in [1.29, 1.82) is 0 Å². The van der Waals surface area contributed by atoms with Gasteiger partial charge < -0.3 is 5.73 Å². The van der Waals surface area contributed by atoms with Crippen molar-refractivity contribution in [2.45, 2.75) is 11.8 Å². The van der Waals surface area contributed by atoms with Gasteiger partial charge in [-0.2, -0.15) is 0 Å². The normalized spacial score (nSPS) is 11.3. The first-order valence-electron chi connectivity index (χ1n) is 6.00. The van der Waals surface area contributed by atoms with Gasteiger partial charge in [0.1, 0.15) is 0 Å². The molecule has 0 bridgehead atoms. The van der Waals surface area contributed by atoms with E-state index in [0.717, 1.165) is 16.7 Å². The van der Waals surface area contributed by atoms with Gasteiger partial charge in [0.15, 0.2) is 9.84 Å². The number of hydrogen-bond donors (Lipinski definition) is 1. The van der Waals surface area contributed by atoms with Gasteiger partial charge in [0.25, 0.3) is 0 Å². The van der Waals surface area contributed by atoms with Gasteiger partial charge in [0, 0.05) is 11.8 Å². The molecule has 2 aromatic carbocycles. The molecule has 0 saturated heterocycles. The molecule has 4 nitrogen and oxygen atoms in total. The smallest absolute Gasteiger partial charge is 0.248 e. The van der Waals surface area contributed by atoms with Crippen LogP contribution in [0, 0.1) is 6.92 Å².